The molecule has 0 aliphatic carbocycles. The molecule has 0 bridgehead atoms. The Labute approximate surface area is 305 Å². The molecule has 0 saturated heterocycles. The fourth-order valence-electron chi connectivity index (χ4n) is 6.27. The first-order chi connectivity index (χ1) is 24.1. The second-order valence-corrected chi connectivity index (χ2v) is 14.6. The summed E-state index contributed by atoms with van der Waals surface area (Å²) in [5.41, 5.74) is 0. The van der Waals surface area contributed by atoms with Crippen LogP contribution in [0.3, 0.4) is 0 Å². The van der Waals surface area contributed by atoms with Crippen LogP contribution in [0.15, 0.2) is 12.2 Å². The van der Waals surface area contributed by atoms with E-state index in [4.69, 9.17) is 14.2 Å². The number of hydrogen-bond donors (Lipinski definition) is 0. The Hall–Kier alpha value is -1.36. The zero-order chi connectivity index (χ0) is 35.7. The maximum absolute atomic E-state index is 12.6. The number of ether oxygens (including phenoxy) is 3. The monoisotopic (exact) mass is 693 g/mol. The maximum Gasteiger partial charge on any atom is 0.306 e. The molecule has 0 aliphatic rings. The quantitative estimate of drug-likeness (QED) is 0.0363. The van der Waals surface area contributed by atoms with Crippen molar-refractivity contribution in [1.29, 1.82) is 0 Å². The zero-order valence-corrected chi connectivity index (χ0v) is 33.2. The van der Waals surface area contributed by atoms with Crippen LogP contribution in [0.2, 0.25) is 0 Å². The molecule has 290 valence electrons. The molecule has 1 atom stereocenters. The summed E-state index contributed by atoms with van der Waals surface area (Å²) in [6.45, 7) is 7.72. The van der Waals surface area contributed by atoms with E-state index in [0.29, 0.717) is 19.4 Å². The number of carbonyl (C=O) groups is 2. The van der Waals surface area contributed by atoms with E-state index in [-0.39, 0.29) is 25.2 Å². The van der Waals surface area contributed by atoms with Gasteiger partial charge in [-0.3, -0.25) is 9.59 Å². The number of carbonyl (C=O) groups excluding carboxylic acids is 2. The van der Waals surface area contributed by atoms with E-state index in [1.165, 1.54) is 141 Å². The smallest absolute Gasteiger partial charge is 0.306 e. The molecule has 0 spiro atoms. The Morgan fingerprint density at radius 2 is 0.796 bits per heavy atom. The van der Waals surface area contributed by atoms with Crippen LogP contribution in [-0.4, -0.2) is 37.9 Å². The molecule has 5 heteroatoms. The first-order valence-corrected chi connectivity index (χ1v) is 21.7. The topological polar surface area (TPSA) is 61.8 Å². The highest BCUT2D eigenvalue weighted by atomic mass is 16.6. The van der Waals surface area contributed by atoms with Gasteiger partial charge in [-0.15, -0.1) is 0 Å². The van der Waals surface area contributed by atoms with E-state index in [0.717, 1.165) is 57.8 Å². The van der Waals surface area contributed by atoms with Crippen LogP contribution in [0.5, 0.6) is 0 Å². The first-order valence-electron chi connectivity index (χ1n) is 21.7. The minimum atomic E-state index is -0.526. The van der Waals surface area contributed by atoms with Crippen molar-refractivity contribution in [1.82, 2.24) is 0 Å². The normalized spacial score (nSPS) is 12.1. The van der Waals surface area contributed by atoms with Gasteiger partial charge < -0.3 is 14.2 Å². The Morgan fingerprint density at radius 3 is 1.24 bits per heavy atom. The van der Waals surface area contributed by atoms with Gasteiger partial charge in [0, 0.05) is 19.4 Å². The number of hydrogen-bond acceptors (Lipinski definition) is 5. The van der Waals surface area contributed by atoms with E-state index in [1.54, 1.807) is 0 Å². The summed E-state index contributed by atoms with van der Waals surface area (Å²) in [6, 6.07) is 0. The van der Waals surface area contributed by atoms with Gasteiger partial charge in [-0.05, 0) is 44.9 Å². The Bertz CT molecular complexity index is 705. The van der Waals surface area contributed by atoms with Gasteiger partial charge in [-0.1, -0.05) is 187 Å². The second-order valence-electron chi connectivity index (χ2n) is 14.6. The van der Waals surface area contributed by atoms with Gasteiger partial charge in [-0.25, -0.2) is 0 Å². The summed E-state index contributed by atoms with van der Waals surface area (Å²) >= 11 is 0. The van der Waals surface area contributed by atoms with Crippen LogP contribution < -0.4 is 0 Å². The lowest BCUT2D eigenvalue weighted by atomic mass is 10.0. The number of rotatable bonds is 40. The summed E-state index contributed by atoms with van der Waals surface area (Å²) in [7, 11) is 0. The van der Waals surface area contributed by atoms with Gasteiger partial charge >= 0.3 is 11.9 Å². The molecule has 0 amide bonds. The predicted molar refractivity (Wildman–Crippen MR) is 210 cm³/mol. The minimum Gasteiger partial charge on any atom is -0.462 e. The molecule has 49 heavy (non-hydrogen) atoms. The molecular weight excluding hydrogens is 608 g/mol. The largest absolute Gasteiger partial charge is 0.462 e. The van der Waals surface area contributed by atoms with Crippen molar-refractivity contribution in [3.8, 4) is 0 Å². The van der Waals surface area contributed by atoms with Crippen LogP contribution in [-0.2, 0) is 23.8 Å². The van der Waals surface area contributed by atoms with Crippen LogP contribution in [0.4, 0.5) is 0 Å². The fourth-order valence-corrected chi connectivity index (χ4v) is 6.27. The standard InChI is InChI=1S/C44H84O5/c1-4-7-10-12-14-16-18-20-22-24-26-28-30-32-34-37-43(45)48-41-42(40-47-39-36-9-6-3)49-44(46)38-35-33-31-29-27-25-23-21-19-17-15-13-11-8-5-2/h21,23,42H,4-20,22,24-41H2,1-3H3/b23-21-. The van der Waals surface area contributed by atoms with Crippen LogP contribution in [0.1, 0.15) is 233 Å². The summed E-state index contributed by atoms with van der Waals surface area (Å²) < 4.78 is 17.0. The highest BCUT2D eigenvalue weighted by Gasteiger charge is 2.17. The maximum atomic E-state index is 12.6. The molecular formula is C44H84O5. The molecule has 0 aromatic rings. The van der Waals surface area contributed by atoms with Crippen molar-refractivity contribution in [2.75, 3.05) is 19.8 Å². The van der Waals surface area contributed by atoms with Gasteiger partial charge in [0.1, 0.15) is 6.61 Å². The molecule has 0 aromatic carbocycles. The third-order valence-corrected chi connectivity index (χ3v) is 9.55. The average molecular weight is 693 g/mol. The third-order valence-electron chi connectivity index (χ3n) is 9.55. The molecule has 0 radical (unpaired) electrons. The molecule has 0 N–H and O–H groups in total. The summed E-state index contributed by atoms with van der Waals surface area (Å²) in [4.78, 5) is 25.0. The van der Waals surface area contributed by atoms with E-state index < -0.39 is 6.10 Å². The zero-order valence-electron chi connectivity index (χ0n) is 33.2. The van der Waals surface area contributed by atoms with Crippen molar-refractivity contribution >= 4 is 11.9 Å². The molecule has 0 heterocycles. The molecule has 0 aliphatic heterocycles. The Morgan fingerprint density at radius 1 is 0.429 bits per heavy atom. The predicted octanol–water partition coefficient (Wildman–Crippen LogP) is 13.9. The lowest BCUT2D eigenvalue weighted by Crippen LogP contribution is -2.30. The lowest BCUT2D eigenvalue weighted by molar-refractivity contribution is -0.163. The van der Waals surface area contributed by atoms with Crippen molar-refractivity contribution in [2.24, 2.45) is 0 Å². The van der Waals surface area contributed by atoms with E-state index in [1.807, 2.05) is 0 Å². The highest BCUT2D eigenvalue weighted by molar-refractivity contribution is 5.70. The van der Waals surface area contributed by atoms with Crippen molar-refractivity contribution in [3.63, 3.8) is 0 Å². The van der Waals surface area contributed by atoms with Gasteiger partial charge in [0.2, 0.25) is 0 Å². The first kappa shape index (κ1) is 47.6. The van der Waals surface area contributed by atoms with Crippen molar-refractivity contribution in [2.45, 2.75) is 239 Å². The van der Waals surface area contributed by atoms with Crippen LogP contribution in [0, 0.1) is 0 Å². The van der Waals surface area contributed by atoms with Gasteiger partial charge in [0.05, 0.1) is 6.61 Å². The van der Waals surface area contributed by atoms with E-state index >= 15 is 0 Å². The molecule has 0 rings (SSSR count). The molecule has 5 nitrogen and oxygen atoms in total. The molecule has 1 unspecified atom stereocenters. The van der Waals surface area contributed by atoms with Crippen LogP contribution in [0.25, 0.3) is 0 Å². The second kappa shape index (κ2) is 41.1. The SMILES string of the molecule is CCCCCCCC/C=C\CCCCCCCC(=O)OC(COCCCCC)COC(=O)CCCCCCCCCCCCCCCCC. The summed E-state index contributed by atoms with van der Waals surface area (Å²) in [6.07, 6.45) is 43.9. The van der Waals surface area contributed by atoms with Crippen molar-refractivity contribution < 1.29 is 23.8 Å². The van der Waals surface area contributed by atoms with E-state index in [9.17, 15) is 9.59 Å². The molecule has 0 aromatic heterocycles. The number of unbranched alkanes of at least 4 members (excludes halogenated alkanes) is 27. The average Bonchev–Trinajstić information content (AvgIpc) is 3.10. The van der Waals surface area contributed by atoms with Crippen LogP contribution >= 0.6 is 0 Å². The molecule has 0 saturated carbocycles. The third kappa shape index (κ3) is 39.3. The highest BCUT2D eigenvalue weighted by Crippen LogP contribution is 2.15. The van der Waals surface area contributed by atoms with Crippen molar-refractivity contribution in [3.05, 3.63) is 12.2 Å². The summed E-state index contributed by atoms with van der Waals surface area (Å²) in [5, 5.41) is 0. The Balaban J connectivity index is 3.94. The van der Waals surface area contributed by atoms with Gasteiger partial charge in [0.25, 0.3) is 0 Å². The van der Waals surface area contributed by atoms with Gasteiger partial charge in [0.15, 0.2) is 6.10 Å². The Kier molecular flexibility index (Phi) is 39.9. The molecule has 0 fully saturated rings. The van der Waals surface area contributed by atoms with Gasteiger partial charge in [-0.2, -0.15) is 0 Å². The lowest BCUT2D eigenvalue weighted by Gasteiger charge is -2.18. The number of allylic oxidation sites excluding steroid dienone is 2. The summed E-state index contributed by atoms with van der Waals surface area (Å²) in [5.74, 6) is -0.405. The number of esters is 2. The van der Waals surface area contributed by atoms with E-state index in [2.05, 4.69) is 32.9 Å². The minimum absolute atomic E-state index is 0.0868. The fraction of sp³-hybridized carbons (Fsp3) is 0.909.